The number of anilines is 1. The minimum atomic E-state index is -0.322. The number of hydrogen-bond donors (Lipinski definition) is 3. The molecule has 2 aromatic heterocycles. The highest BCUT2D eigenvalue weighted by atomic mass is 79.9. The maximum atomic E-state index is 12.5. The first kappa shape index (κ1) is 20.1. The fourth-order valence-electron chi connectivity index (χ4n) is 2.45. The first-order valence-corrected chi connectivity index (χ1v) is 9.57. The summed E-state index contributed by atoms with van der Waals surface area (Å²) in [5, 5.41) is 17.0. The predicted molar refractivity (Wildman–Crippen MR) is 108 cm³/mol. The smallest absolute Gasteiger partial charge is 0.278 e. The number of H-pyrrole nitrogens is 1. The van der Waals surface area contributed by atoms with Gasteiger partial charge < -0.3 is 15.2 Å². The SMILES string of the molecule is O=c1[nH]c(NCc2ccc(Cl)c(Cl)c2)nc2c(Br)nn(CCOCCO)c12. The van der Waals surface area contributed by atoms with Gasteiger partial charge in [0.05, 0.1) is 36.4 Å². The Morgan fingerprint density at radius 1 is 1.30 bits per heavy atom. The number of aromatic nitrogens is 4. The second-order valence-corrected chi connectivity index (χ2v) is 7.13. The third kappa shape index (κ3) is 4.80. The molecule has 0 fully saturated rings. The first-order valence-electron chi connectivity index (χ1n) is 8.02. The molecule has 0 bridgehead atoms. The highest BCUT2D eigenvalue weighted by Crippen LogP contribution is 2.23. The van der Waals surface area contributed by atoms with Crippen LogP contribution in [-0.2, 0) is 17.8 Å². The van der Waals surface area contributed by atoms with E-state index in [9.17, 15) is 4.79 Å². The monoisotopic (exact) mass is 475 g/mol. The molecule has 0 unspecified atom stereocenters. The molecule has 0 aliphatic carbocycles. The number of hydrogen-bond acceptors (Lipinski definition) is 6. The molecule has 3 rings (SSSR count). The summed E-state index contributed by atoms with van der Waals surface area (Å²) < 4.78 is 7.20. The van der Waals surface area contributed by atoms with Crippen LogP contribution in [0.3, 0.4) is 0 Å². The fourth-order valence-corrected chi connectivity index (χ4v) is 3.24. The molecule has 3 aromatic rings. The van der Waals surface area contributed by atoms with Crippen molar-refractivity contribution >= 4 is 56.1 Å². The average molecular weight is 477 g/mol. The molecule has 1 aromatic carbocycles. The molecule has 0 saturated carbocycles. The van der Waals surface area contributed by atoms with Crippen LogP contribution in [0.1, 0.15) is 5.56 Å². The second-order valence-electron chi connectivity index (χ2n) is 5.56. The predicted octanol–water partition coefficient (Wildman–Crippen LogP) is 2.81. The van der Waals surface area contributed by atoms with Crippen LogP contribution >= 0.6 is 39.1 Å². The van der Waals surface area contributed by atoms with Gasteiger partial charge in [-0.25, -0.2) is 4.98 Å². The van der Waals surface area contributed by atoms with E-state index in [2.05, 4.69) is 36.3 Å². The Balaban J connectivity index is 1.78. The van der Waals surface area contributed by atoms with E-state index < -0.39 is 0 Å². The van der Waals surface area contributed by atoms with Crippen LogP contribution in [0.2, 0.25) is 10.0 Å². The lowest BCUT2D eigenvalue weighted by molar-refractivity contribution is 0.0859. The average Bonchev–Trinajstić information content (AvgIpc) is 2.96. The lowest BCUT2D eigenvalue weighted by Gasteiger charge is -2.07. The van der Waals surface area contributed by atoms with Crippen molar-refractivity contribution in [3.63, 3.8) is 0 Å². The van der Waals surface area contributed by atoms with Gasteiger partial charge in [0.2, 0.25) is 5.95 Å². The number of rotatable bonds is 8. The maximum Gasteiger partial charge on any atom is 0.278 e. The number of halogens is 3. The Hall–Kier alpha value is -1.65. The topological polar surface area (TPSA) is 105 Å². The highest BCUT2D eigenvalue weighted by Gasteiger charge is 2.15. The molecule has 0 atom stereocenters. The van der Waals surface area contributed by atoms with Crippen LogP contribution in [-0.4, -0.2) is 44.7 Å². The summed E-state index contributed by atoms with van der Waals surface area (Å²) in [6, 6.07) is 5.28. The molecular formula is C16H16BrCl2N5O3. The second kappa shape index (κ2) is 9.03. The van der Waals surface area contributed by atoms with E-state index in [1.165, 1.54) is 4.68 Å². The van der Waals surface area contributed by atoms with Crippen molar-refractivity contribution in [1.29, 1.82) is 0 Å². The highest BCUT2D eigenvalue weighted by molar-refractivity contribution is 9.10. The third-order valence-electron chi connectivity index (χ3n) is 3.68. The summed E-state index contributed by atoms with van der Waals surface area (Å²) in [6.07, 6.45) is 0. The molecule has 0 radical (unpaired) electrons. The Labute approximate surface area is 172 Å². The van der Waals surface area contributed by atoms with Gasteiger partial charge in [-0.15, -0.1) is 0 Å². The Kier molecular flexibility index (Phi) is 6.72. The third-order valence-corrected chi connectivity index (χ3v) is 4.96. The molecule has 144 valence electrons. The number of ether oxygens (including phenoxy) is 1. The zero-order valence-corrected chi connectivity index (χ0v) is 17.1. The van der Waals surface area contributed by atoms with E-state index >= 15 is 0 Å². The van der Waals surface area contributed by atoms with Gasteiger partial charge in [0.1, 0.15) is 5.52 Å². The van der Waals surface area contributed by atoms with Gasteiger partial charge in [0.15, 0.2) is 10.1 Å². The van der Waals surface area contributed by atoms with E-state index in [0.717, 1.165) is 5.56 Å². The van der Waals surface area contributed by atoms with Gasteiger partial charge in [0, 0.05) is 6.54 Å². The van der Waals surface area contributed by atoms with Gasteiger partial charge in [-0.3, -0.25) is 14.5 Å². The number of aromatic amines is 1. The molecule has 0 spiro atoms. The normalized spacial score (nSPS) is 11.3. The van der Waals surface area contributed by atoms with E-state index in [1.807, 2.05) is 6.07 Å². The van der Waals surface area contributed by atoms with Crippen LogP contribution in [0, 0.1) is 0 Å². The minimum Gasteiger partial charge on any atom is -0.394 e. The Morgan fingerprint density at radius 3 is 2.85 bits per heavy atom. The molecule has 0 aliphatic rings. The van der Waals surface area contributed by atoms with E-state index in [1.54, 1.807) is 12.1 Å². The van der Waals surface area contributed by atoms with Crippen molar-refractivity contribution in [3.05, 3.63) is 48.8 Å². The number of nitrogens with one attached hydrogen (secondary N) is 2. The molecule has 2 heterocycles. The van der Waals surface area contributed by atoms with Gasteiger partial charge in [-0.2, -0.15) is 5.10 Å². The summed E-state index contributed by atoms with van der Waals surface area (Å²) in [5.41, 5.74) is 1.35. The molecule has 8 nitrogen and oxygen atoms in total. The fraction of sp³-hybridized carbons (Fsp3) is 0.312. The molecule has 0 amide bonds. The number of nitrogens with zero attached hydrogens (tertiary/aromatic N) is 3. The van der Waals surface area contributed by atoms with Crippen LogP contribution in [0.4, 0.5) is 5.95 Å². The lowest BCUT2D eigenvalue weighted by atomic mass is 10.2. The molecule has 3 N–H and O–H groups in total. The van der Waals surface area contributed by atoms with Gasteiger partial charge >= 0.3 is 0 Å². The van der Waals surface area contributed by atoms with Crippen molar-refractivity contribution in [2.45, 2.75) is 13.1 Å². The largest absolute Gasteiger partial charge is 0.394 e. The van der Waals surface area contributed by atoms with Crippen molar-refractivity contribution in [3.8, 4) is 0 Å². The summed E-state index contributed by atoms with van der Waals surface area (Å²) in [5.74, 6) is 0.315. The van der Waals surface area contributed by atoms with Crippen LogP contribution < -0.4 is 10.9 Å². The molecule has 0 saturated heterocycles. The van der Waals surface area contributed by atoms with Gasteiger partial charge in [-0.05, 0) is 33.6 Å². The first-order chi connectivity index (χ1) is 13.0. The summed E-state index contributed by atoms with van der Waals surface area (Å²) in [4.78, 5) is 19.6. The number of aliphatic hydroxyl groups is 1. The van der Waals surface area contributed by atoms with Crippen molar-refractivity contribution in [2.75, 3.05) is 25.1 Å². The van der Waals surface area contributed by atoms with E-state index in [0.29, 0.717) is 51.3 Å². The van der Waals surface area contributed by atoms with Gasteiger partial charge in [-0.1, -0.05) is 29.3 Å². The molecule has 11 heteroatoms. The number of aliphatic hydroxyl groups excluding tert-OH is 1. The number of benzene rings is 1. The lowest BCUT2D eigenvalue weighted by Crippen LogP contribution is -2.17. The van der Waals surface area contributed by atoms with Gasteiger partial charge in [0.25, 0.3) is 5.56 Å². The van der Waals surface area contributed by atoms with Crippen LogP contribution in [0.25, 0.3) is 11.0 Å². The van der Waals surface area contributed by atoms with Crippen molar-refractivity contribution in [1.82, 2.24) is 19.7 Å². The molecule has 0 aliphatic heterocycles. The van der Waals surface area contributed by atoms with Crippen molar-refractivity contribution in [2.24, 2.45) is 0 Å². The molecule has 27 heavy (non-hydrogen) atoms. The summed E-state index contributed by atoms with van der Waals surface area (Å²) in [6.45, 7) is 1.27. The van der Waals surface area contributed by atoms with E-state index in [-0.39, 0.29) is 18.8 Å². The van der Waals surface area contributed by atoms with Crippen LogP contribution in [0.15, 0.2) is 27.6 Å². The minimum absolute atomic E-state index is 0.0560. The molecular weight excluding hydrogens is 461 g/mol. The Bertz CT molecular complexity index is 1010. The Morgan fingerprint density at radius 2 is 2.11 bits per heavy atom. The quantitative estimate of drug-likeness (QED) is 0.432. The summed E-state index contributed by atoms with van der Waals surface area (Å²) >= 11 is 15.3. The van der Waals surface area contributed by atoms with Crippen LogP contribution in [0.5, 0.6) is 0 Å². The number of fused-ring (bicyclic) bond motifs is 1. The maximum absolute atomic E-state index is 12.5. The zero-order valence-electron chi connectivity index (χ0n) is 14.0. The zero-order chi connectivity index (χ0) is 19.4. The van der Waals surface area contributed by atoms with Crippen molar-refractivity contribution < 1.29 is 9.84 Å². The van der Waals surface area contributed by atoms with E-state index in [4.69, 9.17) is 33.0 Å². The summed E-state index contributed by atoms with van der Waals surface area (Å²) in [7, 11) is 0. The standard InChI is InChI=1S/C16H16BrCl2N5O3/c17-14-12-13(24(23-14)3-5-27-6-4-25)15(26)22-16(21-12)20-8-9-1-2-10(18)11(19)7-9/h1-2,7,25H,3-6,8H2,(H2,20,21,22,26).